The molecule has 0 N–H and O–H groups in total. The zero-order chi connectivity index (χ0) is 20.0. The van der Waals surface area contributed by atoms with E-state index < -0.39 is 23.7 Å². The summed E-state index contributed by atoms with van der Waals surface area (Å²) in [7, 11) is 1.55. The van der Waals surface area contributed by atoms with Crippen LogP contribution >= 0.6 is 11.8 Å². The molecule has 11 heteroatoms. The van der Waals surface area contributed by atoms with Gasteiger partial charge in [0.05, 0.1) is 17.2 Å². The fourth-order valence-electron chi connectivity index (χ4n) is 2.50. The topological polar surface area (TPSA) is 43.6 Å². The molecular weight excluding hydrogens is 394 g/mol. The summed E-state index contributed by atoms with van der Waals surface area (Å²) < 4.78 is 78.8. The molecule has 0 aliphatic carbocycles. The Labute approximate surface area is 153 Å². The lowest BCUT2D eigenvalue weighted by Gasteiger charge is -2.11. The summed E-state index contributed by atoms with van der Waals surface area (Å²) in [6.07, 6.45) is -8.18. The maximum atomic E-state index is 12.9. The highest BCUT2D eigenvalue weighted by atomic mass is 32.2. The third-order valence-electron chi connectivity index (χ3n) is 3.73. The summed E-state index contributed by atoms with van der Waals surface area (Å²) in [4.78, 5) is 11.2. The first-order valence-electron chi connectivity index (χ1n) is 7.63. The number of fused-ring (bicyclic) bond motifs is 1. The quantitative estimate of drug-likeness (QED) is 0.444. The first-order chi connectivity index (χ1) is 12.5. The summed E-state index contributed by atoms with van der Waals surface area (Å²) in [5.41, 5.74) is -1.45. The lowest BCUT2D eigenvalue weighted by atomic mass is 10.2. The van der Waals surface area contributed by atoms with Gasteiger partial charge in [0.2, 0.25) is 0 Å². The van der Waals surface area contributed by atoms with Gasteiger partial charge in [-0.05, 0) is 24.0 Å². The van der Waals surface area contributed by atoms with Gasteiger partial charge >= 0.3 is 12.4 Å². The van der Waals surface area contributed by atoms with E-state index in [-0.39, 0.29) is 16.4 Å². The van der Waals surface area contributed by atoms with E-state index in [0.29, 0.717) is 16.8 Å². The van der Waals surface area contributed by atoms with Crippen molar-refractivity contribution in [2.45, 2.75) is 24.3 Å². The van der Waals surface area contributed by atoms with Crippen molar-refractivity contribution in [3.8, 4) is 11.4 Å². The van der Waals surface area contributed by atoms with E-state index in [2.05, 4.69) is 15.0 Å². The summed E-state index contributed by atoms with van der Waals surface area (Å²) in [5.74, 6) is 0.675. The van der Waals surface area contributed by atoms with Gasteiger partial charge in [0.1, 0.15) is 22.2 Å². The standard InChI is InChI=1S/C16H12F6N4S/c1-3-27-14-8(4-5-11(25-14)15(17,18)19)13-24-9-6-12(16(20,21)22)23-7-10(9)26(13)2/h4-7H,3H2,1-2H3. The van der Waals surface area contributed by atoms with Gasteiger partial charge in [0.25, 0.3) is 0 Å². The first-order valence-corrected chi connectivity index (χ1v) is 8.62. The predicted molar refractivity (Wildman–Crippen MR) is 88.1 cm³/mol. The number of rotatable bonds is 3. The van der Waals surface area contributed by atoms with Crippen LogP contribution in [0.4, 0.5) is 26.3 Å². The van der Waals surface area contributed by atoms with Crippen molar-refractivity contribution in [3.05, 3.63) is 35.8 Å². The normalized spacial score (nSPS) is 12.7. The Morgan fingerprint density at radius 1 is 1.00 bits per heavy atom. The van der Waals surface area contributed by atoms with Crippen molar-refractivity contribution < 1.29 is 26.3 Å². The minimum atomic E-state index is -4.62. The van der Waals surface area contributed by atoms with Crippen LogP contribution in [-0.4, -0.2) is 25.3 Å². The minimum Gasteiger partial charge on any atom is -0.326 e. The Morgan fingerprint density at radius 2 is 1.67 bits per heavy atom. The van der Waals surface area contributed by atoms with Gasteiger partial charge in [-0.15, -0.1) is 11.8 Å². The summed E-state index contributed by atoms with van der Waals surface area (Å²) in [6, 6.07) is 2.86. The Balaban J connectivity index is 2.18. The Morgan fingerprint density at radius 3 is 2.26 bits per heavy atom. The van der Waals surface area contributed by atoms with E-state index in [0.717, 1.165) is 30.1 Å². The van der Waals surface area contributed by atoms with E-state index in [4.69, 9.17) is 0 Å². The SMILES string of the molecule is CCSc1nc(C(F)(F)F)ccc1-c1nc2cc(C(F)(F)F)ncc2n1C. The predicted octanol–water partition coefficient (Wildman–Crippen LogP) is 5.18. The number of halogens is 6. The molecule has 27 heavy (non-hydrogen) atoms. The summed E-state index contributed by atoms with van der Waals surface area (Å²) in [6.45, 7) is 1.75. The molecule has 0 aliphatic rings. The van der Waals surface area contributed by atoms with E-state index in [9.17, 15) is 26.3 Å². The number of hydrogen-bond acceptors (Lipinski definition) is 4. The maximum Gasteiger partial charge on any atom is 0.433 e. The highest BCUT2D eigenvalue weighted by Gasteiger charge is 2.34. The van der Waals surface area contributed by atoms with Gasteiger partial charge < -0.3 is 4.57 Å². The molecule has 0 radical (unpaired) electrons. The van der Waals surface area contributed by atoms with Crippen LogP contribution in [0.25, 0.3) is 22.4 Å². The molecule has 0 bridgehead atoms. The molecule has 0 aromatic carbocycles. The maximum absolute atomic E-state index is 12.9. The van der Waals surface area contributed by atoms with E-state index in [1.54, 1.807) is 14.0 Å². The van der Waals surface area contributed by atoms with Crippen LogP contribution < -0.4 is 0 Å². The molecular formula is C16H12F6N4S. The minimum absolute atomic E-state index is 0.0437. The molecule has 0 atom stereocenters. The van der Waals surface area contributed by atoms with E-state index >= 15 is 0 Å². The van der Waals surface area contributed by atoms with Gasteiger partial charge in [0.15, 0.2) is 0 Å². The van der Waals surface area contributed by atoms with Crippen LogP contribution in [0.3, 0.4) is 0 Å². The van der Waals surface area contributed by atoms with Gasteiger partial charge in [-0.2, -0.15) is 26.3 Å². The number of imidazole rings is 1. The number of aromatic nitrogens is 4. The van der Waals surface area contributed by atoms with Crippen molar-refractivity contribution in [2.24, 2.45) is 7.05 Å². The number of thioether (sulfide) groups is 1. The van der Waals surface area contributed by atoms with Gasteiger partial charge in [-0.3, -0.25) is 0 Å². The van der Waals surface area contributed by atoms with Crippen LogP contribution in [0.2, 0.25) is 0 Å². The Hall–Kier alpha value is -2.30. The van der Waals surface area contributed by atoms with Crippen LogP contribution in [0.5, 0.6) is 0 Å². The van der Waals surface area contributed by atoms with Crippen LogP contribution in [0, 0.1) is 0 Å². The Kier molecular flexibility index (Phi) is 4.83. The lowest BCUT2D eigenvalue weighted by Crippen LogP contribution is -2.09. The van der Waals surface area contributed by atoms with Crippen LogP contribution in [-0.2, 0) is 19.4 Å². The molecule has 0 saturated carbocycles. The fraction of sp³-hybridized carbons (Fsp3) is 0.312. The monoisotopic (exact) mass is 406 g/mol. The fourth-order valence-corrected chi connectivity index (χ4v) is 3.25. The highest BCUT2D eigenvalue weighted by Crippen LogP contribution is 2.36. The van der Waals surface area contributed by atoms with Gasteiger partial charge in [-0.1, -0.05) is 6.92 Å². The van der Waals surface area contributed by atoms with Gasteiger partial charge in [0, 0.05) is 12.6 Å². The lowest BCUT2D eigenvalue weighted by molar-refractivity contribution is -0.142. The molecule has 0 amide bonds. The third-order valence-corrected chi connectivity index (χ3v) is 4.60. The van der Waals surface area contributed by atoms with E-state index in [1.807, 2.05) is 0 Å². The zero-order valence-electron chi connectivity index (χ0n) is 14.0. The molecule has 0 unspecified atom stereocenters. The number of pyridine rings is 2. The molecule has 0 fully saturated rings. The molecule has 4 nitrogen and oxygen atoms in total. The van der Waals surface area contributed by atoms with Crippen LogP contribution in [0.15, 0.2) is 29.4 Å². The smallest absolute Gasteiger partial charge is 0.326 e. The molecule has 3 heterocycles. The van der Waals surface area contributed by atoms with Crippen molar-refractivity contribution in [2.75, 3.05) is 5.75 Å². The van der Waals surface area contributed by atoms with Gasteiger partial charge in [-0.25, -0.2) is 15.0 Å². The molecule has 0 saturated heterocycles. The summed E-state index contributed by atoms with van der Waals surface area (Å²) in [5, 5.41) is 0.106. The number of aryl methyl sites for hydroxylation is 1. The molecule has 3 aromatic heterocycles. The van der Waals surface area contributed by atoms with E-state index in [1.165, 1.54) is 10.6 Å². The largest absolute Gasteiger partial charge is 0.433 e. The number of alkyl halides is 6. The number of nitrogens with zero attached hydrogens (tertiary/aromatic N) is 4. The average molecular weight is 406 g/mol. The van der Waals surface area contributed by atoms with Crippen molar-refractivity contribution in [1.29, 1.82) is 0 Å². The van der Waals surface area contributed by atoms with Crippen molar-refractivity contribution in [1.82, 2.24) is 19.5 Å². The first kappa shape index (κ1) is 19.5. The summed E-state index contributed by atoms with van der Waals surface area (Å²) >= 11 is 1.09. The molecule has 0 spiro atoms. The Bertz CT molecular complexity index is 993. The molecule has 144 valence electrons. The van der Waals surface area contributed by atoms with Crippen molar-refractivity contribution >= 4 is 22.8 Å². The van der Waals surface area contributed by atoms with Crippen LogP contribution in [0.1, 0.15) is 18.3 Å². The second-order valence-electron chi connectivity index (χ2n) is 5.53. The number of hydrogen-bond donors (Lipinski definition) is 0. The average Bonchev–Trinajstić information content (AvgIpc) is 2.90. The second kappa shape index (κ2) is 6.70. The molecule has 3 aromatic rings. The van der Waals surface area contributed by atoms with Crippen molar-refractivity contribution in [3.63, 3.8) is 0 Å². The third kappa shape index (κ3) is 3.73. The molecule has 3 rings (SSSR count). The molecule has 0 aliphatic heterocycles. The zero-order valence-corrected chi connectivity index (χ0v) is 14.8. The highest BCUT2D eigenvalue weighted by molar-refractivity contribution is 7.99. The second-order valence-corrected chi connectivity index (χ2v) is 6.78.